The maximum atomic E-state index is 11.8. The number of oxime groups is 1. The molecular formula is C10H15N5O2. The fourth-order valence-electron chi connectivity index (χ4n) is 1.28. The van der Waals surface area contributed by atoms with Crippen molar-refractivity contribution in [3.63, 3.8) is 0 Å². The third-order valence-electron chi connectivity index (χ3n) is 2.18. The van der Waals surface area contributed by atoms with E-state index in [-0.39, 0.29) is 17.4 Å². The second kappa shape index (κ2) is 5.78. The minimum Gasteiger partial charge on any atom is -0.409 e. The van der Waals surface area contributed by atoms with E-state index in [4.69, 9.17) is 10.9 Å². The topological polar surface area (TPSA) is 113 Å². The Bertz CT molecular complexity index is 404. The van der Waals surface area contributed by atoms with Gasteiger partial charge in [0, 0.05) is 12.4 Å². The standard InChI is InChI=1S/C10H15N5O2/c1-6(2)8(9(11)15-17)14-10(16)7-5-12-3-4-13-7/h3-6,8,17H,1-2H3,(H2,11,15)(H,14,16). The molecule has 1 aromatic heterocycles. The van der Waals surface area contributed by atoms with E-state index >= 15 is 0 Å². The Labute approximate surface area is 98.8 Å². The van der Waals surface area contributed by atoms with Gasteiger partial charge in [-0.3, -0.25) is 9.78 Å². The average molecular weight is 237 g/mol. The quantitative estimate of drug-likeness (QED) is 0.295. The van der Waals surface area contributed by atoms with Crippen molar-refractivity contribution in [2.75, 3.05) is 0 Å². The Morgan fingerprint density at radius 1 is 1.53 bits per heavy atom. The third kappa shape index (κ3) is 3.40. The summed E-state index contributed by atoms with van der Waals surface area (Å²) >= 11 is 0. The number of nitrogens with two attached hydrogens (primary N) is 1. The molecule has 0 aromatic carbocycles. The maximum absolute atomic E-state index is 11.8. The van der Waals surface area contributed by atoms with Crippen LogP contribution in [0.3, 0.4) is 0 Å². The Morgan fingerprint density at radius 3 is 2.71 bits per heavy atom. The SMILES string of the molecule is CC(C)C(NC(=O)c1cnccn1)C(N)=NO. The predicted octanol–water partition coefficient (Wildman–Crippen LogP) is -0.0226. The lowest BCUT2D eigenvalue weighted by Crippen LogP contribution is -2.48. The molecule has 1 aromatic rings. The Balaban J connectivity index is 2.79. The fourth-order valence-corrected chi connectivity index (χ4v) is 1.28. The second-order valence-corrected chi connectivity index (χ2v) is 3.81. The number of nitrogens with zero attached hydrogens (tertiary/aromatic N) is 3. The Hall–Kier alpha value is -2.18. The van der Waals surface area contributed by atoms with Gasteiger partial charge in [-0.15, -0.1) is 0 Å². The van der Waals surface area contributed by atoms with Crippen LogP contribution in [0.15, 0.2) is 23.7 Å². The molecule has 1 rings (SSSR count). The van der Waals surface area contributed by atoms with E-state index in [1.165, 1.54) is 18.6 Å². The van der Waals surface area contributed by atoms with E-state index in [2.05, 4.69) is 20.4 Å². The zero-order valence-corrected chi connectivity index (χ0v) is 9.66. The van der Waals surface area contributed by atoms with Gasteiger partial charge < -0.3 is 16.3 Å². The molecule has 7 nitrogen and oxygen atoms in total. The second-order valence-electron chi connectivity index (χ2n) is 3.81. The molecule has 7 heteroatoms. The average Bonchev–Trinajstić information content (AvgIpc) is 2.35. The van der Waals surface area contributed by atoms with Crippen molar-refractivity contribution in [2.45, 2.75) is 19.9 Å². The van der Waals surface area contributed by atoms with Crippen LogP contribution in [0.4, 0.5) is 0 Å². The number of rotatable bonds is 4. The van der Waals surface area contributed by atoms with E-state index in [9.17, 15) is 4.79 Å². The molecule has 0 aliphatic rings. The van der Waals surface area contributed by atoms with Gasteiger partial charge in [-0.25, -0.2) is 4.98 Å². The monoisotopic (exact) mass is 237 g/mol. The van der Waals surface area contributed by atoms with Crippen molar-refractivity contribution in [3.8, 4) is 0 Å². The molecular weight excluding hydrogens is 222 g/mol. The summed E-state index contributed by atoms with van der Waals surface area (Å²) in [4.78, 5) is 19.4. The molecule has 0 spiro atoms. The molecule has 1 heterocycles. The zero-order valence-electron chi connectivity index (χ0n) is 9.66. The summed E-state index contributed by atoms with van der Waals surface area (Å²) in [6.07, 6.45) is 4.24. The first-order valence-electron chi connectivity index (χ1n) is 5.10. The maximum Gasteiger partial charge on any atom is 0.272 e. The molecule has 0 fully saturated rings. The lowest BCUT2D eigenvalue weighted by atomic mass is 10.0. The largest absolute Gasteiger partial charge is 0.409 e. The van der Waals surface area contributed by atoms with Gasteiger partial charge in [0.25, 0.3) is 5.91 Å². The van der Waals surface area contributed by atoms with Gasteiger partial charge in [0.2, 0.25) is 0 Å². The van der Waals surface area contributed by atoms with Crippen LogP contribution in [0.1, 0.15) is 24.3 Å². The van der Waals surface area contributed by atoms with Crippen LogP contribution in [0, 0.1) is 5.92 Å². The minimum atomic E-state index is -0.547. The molecule has 17 heavy (non-hydrogen) atoms. The number of carbonyl (C=O) groups excluding carboxylic acids is 1. The van der Waals surface area contributed by atoms with Crippen LogP contribution in [0.25, 0.3) is 0 Å². The summed E-state index contributed by atoms with van der Waals surface area (Å²) in [6, 6.07) is -0.547. The number of nitrogens with one attached hydrogen (secondary N) is 1. The lowest BCUT2D eigenvalue weighted by molar-refractivity contribution is 0.0933. The number of hydrogen-bond donors (Lipinski definition) is 3. The van der Waals surface area contributed by atoms with Crippen molar-refractivity contribution in [1.82, 2.24) is 15.3 Å². The summed E-state index contributed by atoms with van der Waals surface area (Å²) in [5.74, 6) is -0.466. The molecule has 0 saturated heterocycles. The highest BCUT2D eigenvalue weighted by atomic mass is 16.4. The van der Waals surface area contributed by atoms with E-state index in [1.54, 1.807) is 0 Å². The molecule has 0 saturated carbocycles. The molecule has 1 amide bonds. The first-order chi connectivity index (χ1) is 8.06. The van der Waals surface area contributed by atoms with Crippen molar-refractivity contribution in [3.05, 3.63) is 24.3 Å². The molecule has 0 bridgehead atoms. The normalized spacial score (nSPS) is 13.5. The van der Waals surface area contributed by atoms with Gasteiger partial charge in [-0.05, 0) is 5.92 Å². The van der Waals surface area contributed by atoms with E-state index in [1.807, 2.05) is 13.8 Å². The van der Waals surface area contributed by atoms with Gasteiger partial charge >= 0.3 is 0 Å². The van der Waals surface area contributed by atoms with E-state index in [0.717, 1.165) is 0 Å². The molecule has 1 unspecified atom stereocenters. The number of hydrogen-bond acceptors (Lipinski definition) is 5. The summed E-state index contributed by atoms with van der Waals surface area (Å²) < 4.78 is 0. The summed E-state index contributed by atoms with van der Waals surface area (Å²) in [6.45, 7) is 3.69. The summed E-state index contributed by atoms with van der Waals surface area (Å²) in [5.41, 5.74) is 5.68. The van der Waals surface area contributed by atoms with Crippen molar-refractivity contribution in [1.29, 1.82) is 0 Å². The highest BCUT2D eigenvalue weighted by Gasteiger charge is 2.21. The predicted molar refractivity (Wildman–Crippen MR) is 61.5 cm³/mol. The van der Waals surface area contributed by atoms with Gasteiger partial charge in [0.05, 0.1) is 12.2 Å². The number of amides is 1. The van der Waals surface area contributed by atoms with Crippen molar-refractivity contribution < 1.29 is 10.0 Å². The van der Waals surface area contributed by atoms with Gasteiger partial charge in [-0.2, -0.15) is 0 Å². The molecule has 0 aliphatic carbocycles. The molecule has 92 valence electrons. The van der Waals surface area contributed by atoms with Gasteiger partial charge in [-0.1, -0.05) is 19.0 Å². The van der Waals surface area contributed by atoms with Crippen LogP contribution in [0.5, 0.6) is 0 Å². The van der Waals surface area contributed by atoms with Crippen LogP contribution < -0.4 is 11.1 Å². The first-order valence-corrected chi connectivity index (χ1v) is 5.10. The van der Waals surface area contributed by atoms with Gasteiger partial charge in [0.1, 0.15) is 5.69 Å². The highest BCUT2D eigenvalue weighted by molar-refractivity contribution is 5.96. The highest BCUT2D eigenvalue weighted by Crippen LogP contribution is 2.03. The zero-order chi connectivity index (χ0) is 12.8. The van der Waals surface area contributed by atoms with Crippen molar-refractivity contribution in [2.24, 2.45) is 16.8 Å². The lowest BCUT2D eigenvalue weighted by Gasteiger charge is -2.20. The summed E-state index contributed by atoms with van der Waals surface area (Å²) in [7, 11) is 0. The third-order valence-corrected chi connectivity index (χ3v) is 2.18. The Kier molecular flexibility index (Phi) is 4.38. The fraction of sp³-hybridized carbons (Fsp3) is 0.400. The van der Waals surface area contributed by atoms with Crippen LogP contribution >= 0.6 is 0 Å². The molecule has 0 aliphatic heterocycles. The number of carbonyl (C=O) groups is 1. The molecule has 4 N–H and O–H groups in total. The van der Waals surface area contributed by atoms with E-state index in [0.29, 0.717) is 0 Å². The van der Waals surface area contributed by atoms with Crippen molar-refractivity contribution >= 4 is 11.7 Å². The van der Waals surface area contributed by atoms with E-state index < -0.39 is 11.9 Å². The molecule has 1 atom stereocenters. The number of amidine groups is 1. The number of aromatic nitrogens is 2. The summed E-state index contributed by atoms with van der Waals surface area (Å²) in [5, 5.41) is 14.1. The first kappa shape index (κ1) is 12.9. The molecule has 0 radical (unpaired) electrons. The minimum absolute atomic E-state index is 0.00785. The van der Waals surface area contributed by atoms with Crippen LogP contribution in [-0.4, -0.2) is 33.0 Å². The Morgan fingerprint density at radius 2 is 2.24 bits per heavy atom. The van der Waals surface area contributed by atoms with Crippen LogP contribution in [0.2, 0.25) is 0 Å². The van der Waals surface area contributed by atoms with Crippen LogP contribution in [-0.2, 0) is 0 Å². The smallest absolute Gasteiger partial charge is 0.272 e. The van der Waals surface area contributed by atoms with Gasteiger partial charge in [0.15, 0.2) is 5.84 Å².